The fourth-order valence-corrected chi connectivity index (χ4v) is 13.8. The largest absolute Gasteiger partial charge is 0.463 e. The van der Waals surface area contributed by atoms with Crippen LogP contribution in [-0.4, -0.2) is 151 Å². The van der Waals surface area contributed by atoms with E-state index in [0.29, 0.717) is 51.4 Å². The molecule has 4 saturated carbocycles. The van der Waals surface area contributed by atoms with E-state index in [1.807, 2.05) is 34.6 Å². The van der Waals surface area contributed by atoms with Gasteiger partial charge in [0.05, 0.1) is 23.9 Å². The summed E-state index contributed by atoms with van der Waals surface area (Å²) in [6.45, 7) is 18.5. The van der Waals surface area contributed by atoms with Gasteiger partial charge in [0.25, 0.3) is 0 Å². The van der Waals surface area contributed by atoms with E-state index in [0.717, 1.165) is 5.57 Å². The number of esters is 2. The van der Waals surface area contributed by atoms with E-state index in [9.17, 15) is 50.4 Å². The van der Waals surface area contributed by atoms with E-state index in [2.05, 4.69) is 26.8 Å². The van der Waals surface area contributed by atoms with Crippen LogP contribution in [0.2, 0.25) is 0 Å². The Balaban J connectivity index is 1.37. The van der Waals surface area contributed by atoms with Crippen LogP contribution < -0.4 is 0 Å². The van der Waals surface area contributed by atoms with Crippen LogP contribution in [0.25, 0.3) is 0 Å². The lowest BCUT2D eigenvalue weighted by Crippen LogP contribution is -2.71. The number of carbonyl (C=O) groups excluding carboxylic acids is 2. The number of fused-ring (bicyclic) bond motifs is 5. The average Bonchev–Trinajstić information content (AvgIpc) is 3.57. The highest BCUT2D eigenvalue weighted by molar-refractivity contribution is 5.66. The zero-order chi connectivity index (χ0) is 46.1. The van der Waals surface area contributed by atoms with Crippen LogP contribution in [0, 0.1) is 45.3 Å². The first kappa shape index (κ1) is 49.6. The van der Waals surface area contributed by atoms with E-state index in [1.165, 1.54) is 13.8 Å². The standard InChI is InChI=1S/C46H76O16/c1-22(2)12-11-15-46(10,62-41-38(56)36(54)34(52)29(61-41)21-58-24(4)48)25-13-17-44(8)32(25)26(49)18-30-43(7)16-14-31(50)42(5,6)39(43)27(19-45(30,44)9)59-40-37(55)35(53)33(51)28(60-40)20-57-23(3)47/h12,25-41,49-56H,11,13-21H2,1-10H3/t25-,26+,27-,28+,29+,30+,31-,32-,33+,34+,35-,36-,37+,38+,39?,40+,41-,43+,44+,45+,46-/m0/s1. The van der Waals surface area contributed by atoms with Crippen molar-refractivity contribution in [2.24, 2.45) is 45.3 Å². The molecular weight excluding hydrogens is 808 g/mol. The van der Waals surface area contributed by atoms with Gasteiger partial charge in [-0.1, -0.05) is 46.3 Å². The molecule has 0 aromatic heterocycles. The Bertz CT molecular complexity index is 1640. The monoisotopic (exact) mass is 885 g/mol. The molecule has 6 rings (SSSR count). The molecule has 2 saturated heterocycles. The van der Waals surface area contributed by atoms with Crippen molar-refractivity contribution in [3.8, 4) is 0 Å². The summed E-state index contributed by atoms with van der Waals surface area (Å²) in [6, 6.07) is 0. The minimum atomic E-state index is -1.66. The maximum Gasteiger partial charge on any atom is 0.302 e. The minimum Gasteiger partial charge on any atom is -0.463 e. The number of aliphatic hydroxyl groups is 8. The van der Waals surface area contributed by atoms with Crippen molar-refractivity contribution in [2.75, 3.05) is 13.2 Å². The molecule has 2 heterocycles. The predicted octanol–water partition coefficient (Wildman–Crippen LogP) is 2.26. The van der Waals surface area contributed by atoms with E-state index < -0.39 is 119 Å². The predicted molar refractivity (Wildman–Crippen MR) is 221 cm³/mol. The topological polar surface area (TPSA) is 251 Å². The van der Waals surface area contributed by atoms with Gasteiger partial charge >= 0.3 is 11.9 Å². The van der Waals surface area contributed by atoms with Gasteiger partial charge in [0.1, 0.15) is 62.0 Å². The molecule has 1 unspecified atom stereocenters. The number of hydrogen-bond donors (Lipinski definition) is 8. The molecule has 4 aliphatic carbocycles. The van der Waals surface area contributed by atoms with Gasteiger partial charge in [-0.2, -0.15) is 0 Å². The molecule has 0 amide bonds. The summed E-state index contributed by atoms with van der Waals surface area (Å²) in [6.07, 6.45) is -10.3. The normalized spacial score (nSPS) is 48.5. The van der Waals surface area contributed by atoms with Crippen molar-refractivity contribution < 1.29 is 78.9 Å². The molecule has 6 aliphatic rings. The van der Waals surface area contributed by atoms with Gasteiger partial charge in [-0.3, -0.25) is 9.59 Å². The molecule has 0 aromatic carbocycles. The van der Waals surface area contributed by atoms with Crippen LogP contribution >= 0.6 is 0 Å². The van der Waals surface area contributed by atoms with Gasteiger partial charge < -0.3 is 69.3 Å². The highest BCUT2D eigenvalue weighted by Crippen LogP contribution is 2.76. The first-order valence-corrected chi connectivity index (χ1v) is 22.7. The second kappa shape index (κ2) is 18.1. The summed E-state index contributed by atoms with van der Waals surface area (Å²) >= 11 is 0. The van der Waals surface area contributed by atoms with Crippen LogP contribution in [0.1, 0.15) is 121 Å². The van der Waals surface area contributed by atoms with Gasteiger partial charge in [-0.05, 0) is 117 Å². The summed E-state index contributed by atoms with van der Waals surface area (Å²) in [7, 11) is 0. The molecule has 2 aliphatic heterocycles. The number of carbonyl (C=O) groups is 2. The quantitative estimate of drug-likeness (QED) is 0.0795. The lowest BCUT2D eigenvalue weighted by molar-refractivity contribution is -0.350. The van der Waals surface area contributed by atoms with Crippen LogP contribution in [0.4, 0.5) is 0 Å². The summed E-state index contributed by atoms with van der Waals surface area (Å²) in [5, 5.41) is 90.5. The third-order valence-electron chi connectivity index (χ3n) is 17.1. The SMILES string of the molecule is CC(=O)OC[C@H]1O[C@@H](O[C@H]2C[C@]3(C)[C@H](C[C@@H](O)[C@@H]4[C@@H]([C@](C)(CCC=C(C)C)O[C@@H]5O[C@H](COC(C)=O)[C@@H](O)[C@H](O)[C@H]5O)CC[C@]43C)[C@@]3(C)CC[C@H](O)C(C)(C)C23)[C@H](O)[C@@H](O)[C@@H]1O. The molecule has 6 fully saturated rings. The van der Waals surface area contributed by atoms with Crippen molar-refractivity contribution in [1.29, 1.82) is 0 Å². The Hall–Kier alpha value is -1.80. The third kappa shape index (κ3) is 8.67. The zero-order valence-electron chi connectivity index (χ0n) is 38.3. The maximum absolute atomic E-state index is 12.7. The minimum absolute atomic E-state index is 0.0389. The lowest BCUT2D eigenvalue weighted by Gasteiger charge is -2.72. The van der Waals surface area contributed by atoms with Crippen molar-refractivity contribution in [2.45, 2.75) is 206 Å². The van der Waals surface area contributed by atoms with E-state index >= 15 is 0 Å². The molecule has 16 nitrogen and oxygen atoms in total. The number of hydrogen-bond acceptors (Lipinski definition) is 16. The zero-order valence-corrected chi connectivity index (χ0v) is 38.3. The second-order valence-corrected chi connectivity index (χ2v) is 21.5. The molecule has 21 atom stereocenters. The molecule has 0 radical (unpaired) electrons. The number of ether oxygens (including phenoxy) is 6. The Labute approximate surface area is 366 Å². The van der Waals surface area contributed by atoms with Crippen molar-refractivity contribution >= 4 is 11.9 Å². The fourth-order valence-electron chi connectivity index (χ4n) is 13.8. The van der Waals surface area contributed by atoms with Gasteiger partial charge in [-0.15, -0.1) is 0 Å². The molecule has 0 spiro atoms. The Morgan fingerprint density at radius 3 is 1.82 bits per heavy atom. The molecular formula is C46H76O16. The van der Waals surface area contributed by atoms with Crippen LogP contribution in [0.3, 0.4) is 0 Å². The fraction of sp³-hybridized carbons (Fsp3) is 0.913. The third-order valence-corrected chi connectivity index (χ3v) is 17.1. The molecule has 0 bridgehead atoms. The molecule has 356 valence electrons. The van der Waals surface area contributed by atoms with E-state index in [4.69, 9.17) is 28.4 Å². The maximum atomic E-state index is 12.7. The second-order valence-electron chi connectivity index (χ2n) is 21.5. The molecule has 62 heavy (non-hydrogen) atoms. The van der Waals surface area contributed by atoms with Crippen molar-refractivity contribution in [1.82, 2.24) is 0 Å². The van der Waals surface area contributed by atoms with Gasteiger partial charge in [0.2, 0.25) is 0 Å². The van der Waals surface area contributed by atoms with E-state index in [1.54, 1.807) is 0 Å². The van der Waals surface area contributed by atoms with Crippen molar-refractivity contribution in [3.63, 3.8) is 0 Å². The lowest BCUT2D eigenvalue weighted by atomic mass is 9.34. The summed E-state index contributed by atoms with van der Waals surface area (Å²) in [5.74, 6) is -2.15. The Morgan fingerprint density at radius 2 is 1.27 bits per heavy atom. The highest BCUT2D eigenvalue weighted by atomic mass is 16.7. The summed E-state index contributed by atoms with van der Waals surface area (Å²) in [4.78, 5) is 23.4. The smallest absolute Gasteiger partial charge is 0.302 e. The number of rotatable bonds is 12. The summed E-state index contributed by atoms with van der Waals surface area (Å²) < 4.78 is 36.2. The summed E-state index contributed by atoms with van der Waals surface area (Å²) in [5.41, 5.74) is -2.17. The Kier molecular flexibility index (Phi) is 14.5. The average molecular weight is 885 g/mol. The van der Waals surface area contributed by atoms with Crippen molar-refractivity contribution in [3.05, 3.63) is 11.6 Å². The molecule has 0 aromatic rings. The Morgan fingerprint density at radius 1 is 0.726 bits per heavy atom. The first-order chi connectivity index (χ1) is 28.7. The van der Waals surface area contributed by atoms with Crippen LogP contribution in [0.15, 0.2) is 11.6 Å². The van der Waals surface area contributed by atoms with Gasteiger partial charge in [-0.25, -0.2) is 0 Å². The molecule has 16 heteroatoms. The number of aliphatic hydroxyl groups excluding tert-OH is 8. The first-order valence-electron chi connectivity index (χ1n) is 22.7. The molecule has 8 N–H and O–H groups in total. The highest BCUT2D eigenvalue weighted by Gasteiger charge is 2.74. The van der Waals surface area contributed by atoms with E-state index in [-0.39, 0.29) is 36.9 Å². The van der Waals surface area contributed by atoms with Gasteiger partial charge in [0, 0.05) is 13.8 Å². The van der Waals surface area contributed by atoms with Gasteiger partial charge in [0.15, 0.2) is 12.6 Å². The van der Waals surface area contributed by atoms with Crippen LogP contribution in [0.5, 0.6) is 0 Å². The number of allylic oxidation sites excluding steroid dienone is 2. The van der Waals surface area contributed by atoms with Crippen LogP contribution in [-0.2, 0) is 38.0 Å².